The summed E-state index contributed by atoms with van der Waals surface area (Å²) in [5.74, 6) is 0.469. The van der Waals surface area contributed by atoms with Gasteiger partial charge in [0.2, 0.25) is 0 Å². The number of nitro groups is 1. The van der Waals surface area contributed by atoms with Crippen molar-refractivity contribution in [1.29, 1.82) is 0 Å². The van der Waals surface area contributed by atoms with Crippen LogP contribution in [0.3, 0.4) is 0 Å². The zero-order chi connectivity index (χ0) is 20.5. The third-order valence-corrected chi connectivity index (χ3v) is 5.40. The molecule has 0 unspecified atom stereocenters. The number of hydrogen-bond acceptors (Lipinski definition) is 3. The lowest BCUT2D eigenvalue weighted by molar-refractivity contribution is -0.930. The summed E-state index contributed by atoms with van der Waals surface area (Å²) in [5, 5.41) is 11.0. The van der Waals surface area contributed by atoms with Gasteiger partial charge in [0.1, 0.15) is 43.4 Å². The van der Waals surface area contributed by atoms with Crippen molar-refractivity contribution < 1.29 is 28.0 Å². The summed E-state index contributed by atoms with van der Waals surface area (Å²) in [6, 6.07) is 7.59. The molecule has 1 fully saturated rings. The molecule has 1 aromatic heterocycles. The third-order valence-electron chi connectivity index (χ3n) is 5.12. The van der Waals surface area contributed by atoms with E-state index in [9.17, 15) is 23.3 Å². The molecule has 0 spiro atoms. The fourth-order valence-corrected chi connectivity index (χ4v) is 3.75. The summed E-state index contributed by atoms with van der Waals surface area (Å²) in [6.45, 7) is 4.69. The first-order chi connectivity index (χ1) is 13.2. The van der Waals surface area contributed by atoms with E-state index in [-0.39, 0.29) is 16.8 Å². The minimum Gasteiger partial charge on any atom is -0.322 e. The maximum Gasteiger partial charge on any atom is 0.419 e. The number of alkyl halides is 3. The zero-order valence-corrected chi connectivity index (χ0v) is 15.8. The number of rotatable bonds is 4. The van der Waals surface area contributed by atoms with Crippen LogP contribution >= 0.6 is 11.6 Å². The van der Waals surface area contributed by atoms with Crippen LogP contribution in [0, 0.1) is 10.1 Å². The summed E-state index contributed by atoms with van der Waals surface area (Å²) in [6.07, 6.45) is -3.53. The maximum absolute atomic E-state index is 12.8. The Morgan fingerprint density at radius 3 is 2.54 bits per heavy atom. The molecule has 10 heteroatoms. The highest BCUT2D eigenvalue weighted by Gasteiger charge is 2.35. The van der Waals surface area contributed by atoms with Crippen molar-refractivity contribution in [2.45, 2.75) is 19.1 Å². The number of non-ortho nitro benzene ring substituents is 1. The van der Waals surface area contributed by atoms with Gasteiger partial charge in [0.15, 0.2) is 0 Å². The van der Waals surface area contributed by atoms with Crippen molar-refractivity contribution in [2.24, 2.45) is 0 Å². The second-order valence-corrected chi connectivity index (χ2v) is 7.21. The summed E-state index contributed by atoms with van der Waals surface area (Å²) in [5.41, 5.74) is 0.134. The highest BCUT2D eigenvalue weighted by Crippen LogP contribution is 2.32. The molecule has 2 heterocycles. The zero-order valence-electron chi connectivity index (χ0n) is 15.1. The number of H-pyrrole nitrogens is 1. The van der Waals surface area contributed by atoms with Gasteiger partial charge in [-0.05, 0) is 13.0 Å². The van der Waals surface area contributed by atoms with E-state index < -0.39 is 16.7 Å². The van der Waals surface area contributed by atoms with Crippen molar-refractivity contribution >= 4 is 23.1 Å². The van der Waals surface area contributed by atoms with Gasteiger partial charge in [-0.25, -0.2) is 9.88 Å². The van der Waals surface area contributed by atoms with E-state index in [2.05, 4.69) is 4.98 Å². The van der Waals surface area contributed by atoms with Gasteiger partial charge in [0.05, 0.1) is 10.5 Å². The van der Waals surface area contributed by atoms with E-state index in [4.69, 9.17) is 11.6 Å². The molecule has 1 aliphatic rings. The van der Waals surface area contributed by atoms with Gasteiger partial charge in [-0.3, -0.25) is 10.1 Å². The minimum atomic E-state index is -4.45. The highest BCUT2D eigenvalue weighted by atomic mass is 35.5. The molecule has 3 rings (SSSR count). The van der Waals surface area contributed by atoms with E-state index in [0.29, 0.717) is 18.9 Å². The van der Waals surface area contributed by atoms with Crippen molar-refractivity contribution in [3.63, 3.8) is 0 Å². The Balaban J connectivity index is 1.67. The number of benzene rings is 1. The molecule has 6 nitrogen and oxygen atoms in total. The minimum absolute atomic E-state index is 0.0324. The summed E-state index contributed by atoms with van der Waals surface area (Å²) < 4.78 is 38.4. The van der Waals surface area contributed by atoms with Crippen molar-refractivity contribution in [3.8, 4) is 0 Å². The number of nitro benzene ring substituents is 1. The first-order valence-electron chi connectivity index (χ1n) is 8.79. The van der Waals surface area contributed by atoms with E-state index in [1.165, 1.54) is 11.0 Å². The van der Waals surface area contributed by atoms with Gasteiger partial charge >= 0.3 is 6.18 Å². The van der Waals surface area contributed by atoms with Crippen molar-refractivity contribution in [2.75, 3.05) is 31.1 Å². The van der Waals surface area contributed by atoms with Crippen molar-refractivity contribution in [1.82, 2.24) is 0 Å². The summed E-state index contributed by atoms with van der Waals surface area (Å²) >= 11 is 6.07. The number of nitrogens with zero attached hydrogens (tertiary/aromatic N) is 2. The van der Waals surface area contributed by atoms with Crippen LogP contribution in [-0.2, 0) is 6.18 Å². The number of pyridine rings is 1. The summed E-state index contributed by atoms with van der Waals surface area (Å²) in [7, 11) is 0. The molecule has 0 amide bonds. The molecule has 28 heavy (non-hydrogen) atoms. The van der Waals surface area contributed by atoms with Crippen LogP contribution in [0.5, 0.6) is 0 Å². The van der Waals surface area contributed by atoms with E-state index in [0.717, 1.165) is 30.9 Å². The van der Waals surface area contributed by atoms with E-state index in [1.54, 1.807) is 12.1 Å². The number of halogens is 4. The molecule has 0 radical (unpaired) electrons. The predicted octanol–water partition coefficient (Wildman–Crippen LogP) is 2.55. The smallest absolute Gasteiger partial charge is 0.322 e. The number of aromatic amines is 1. The number of anilines is 1. The molecular formula is C18H20ClF3N4O2+2. The Morgan fingerprint density at radius 2 is 1.96 bits per heavy atom. The molecule has 0 saturated carbocycles. The van der Waals surface area contributed by atoms with Gasteiger partial charge in [-0.1, -0.05) is 23.7 Å². The molecule has 1 aromatic carbocycles. The number of piperazine rings is 1. The molecule has 1 atom stereocenters. The Labute approximate surface area is 164 Å². The maximum atomic E-state index is 12.8. The normalized spacial score (nSPS) is 16.8. The third kappa shape index (κ3) is 4.36. The lowest BCUT2D eigenvalue weighted by Crippen LogP contribution is -3.14. The number of aromatic nitrogens is 1. The fraction of sp³-hybridized carbons (Fsp3) is 0.389. The van der Waals surface area contributed by atoms with Gasteiger partial charge in [0, 0.05) is 17.7 Å². The standard InChI is InChI=1S/C18H18ClF3N4O2/c1-12(13-3-2-4-15(9-13)26(27)28)24-5-7-25(8-6-24)17-16(19)10-14(11-23-17)18(20,21)22/h2-4,9-12H,5-8H2,1H3/p+2/t12-/m1/s1. The number of quaternary nitrogens is 1. The summed E-state index contributed by atoms with van der Waals surface area (Å²) in [4.78, 5) is 16.4. The Bertz CT molecular complexity index is 870. The number of nitrogens with one attached hydrogen (secondary N) is 2. The van der Waals surface area contributed by atoms with Gasteiger partial charge in [-0.2, -0.15) is 13.2 Å². The van der Waals surface area contributed by atoms with E-state index >= 15 is 0 Å². The van der Waals surface area contributed by atoms with Crippen LogP contribution in [0.25, 0.3) is 0 Å². The van der Waals surface area contributed by atoms with Crippen LogP contribution in [0.1, 0.15) is 24.1 Å². The molecule has 1 aliphatic heterocycles. The van der Waals surface area contributed by atoms with Gasteiger partial charge in [-0.15, -0.1) is 0 Å². The largest absolute Gasteiger partial charge is 0.419 e. The first-order valence-corrected chi connectivity index (χ1v) is 9.17. The SMILES string of the molecule is C[C@H](c1cccc([N+](=O)[O-])c1)[NH+]1CCN(c2[nH+]cc(C(F)(F)F)cc2Cl)CC1. The number of hydrogen-bond donors (Lipinski definition) is 1. The fourth-order valence-electron chi connectivity index (χ4n) is 3.46. The quantitative estimate of drug-likeness (QED) is 0.615. The molecule has 0 bridgehead atoms. The van der Waals surface area contributed by atoms with Crippen LogP contribution in [0.4, 0.5) is 24.7 Å². The van der Waals surface area contributed by atoms with Crippen molar-refractivity contribution in [3.05, 3.63) is 62.8 Å². The highest BCUT2D eigenvalue weighted by molar-refractivity contribution is 6.32. The van der Waals surface area contributed by atoms with Gasteiger partial charge < -0.3 is 4.90 Å². The molecule has 2 N–H and O–H groups in total. The molecule has 150 valence electrons. The Morgan fingerprint density at radius 1 is 1.29 bits per heavy atom. The monoisotopic (exact) mass is 416 g/mol. The molecule has 2 aromatic rings. The average Bonchev–Trinajstić information content (AvgIpc) is 2.67. The Kier molecular flexibility index (Phi) is 5.76. The second kappa shape index (κ2) is 7.92. The van der Waals surface area contributed by atoms with Crippen LogP contribution < -0.4 is 14.8 Å². The van der Waals surface area contributed by atoms with Crippen LogP contribution in [0.15, 0.2) is 36.5 Å². The second-order valence-electron chi connectivity index (χ2n) is 6.80. The van der Waals surface area contributed by atoms with E-state index in [1.807, 2.05) is 17.9 Å². The lowest BCUT2D eigenvalue weighted by Gasteiger charge is -2.32. The predicted molar refractivity (Wildman–Crippen MR) is 97.4 cm³/mol. The molecular weight excluding hydrogens is 397 g/mol. The van der Waals surface area contributed by atoms with Crippen LogP contribution in [-0.4, -0.2) is 31.1 Å². The van der Waals surface area contributed by atoms with Gasteiger partial charge in [0.25, 0.3) is 11.5 Å². The lowest BCUT2D eigenvalue weighted by atomic mass is 10.1. The molecule has 0 aliphatic carbocycles. The average molecular weight is 417 g/mol. The van der Waals surface area contributed by atoms with Crippen LogP contribution in [0.2, 0.25) is 5.02 Å². The topological polar surface area (TPSA) is 65.0 Å². The Hall–Kier alpha value is -2.39. The molecule has 1 saturated heterocycles. The first kappa shape index (κ1) is 20.3.